The average molecular weight is 272 g/mol. The first-order chi connectivity index (χ1) is 5.08. The van der Waals surface area contributed by atoms with Gasteiger partial charge in [-0.15, -0.1) is 0 Å². The van der Waals surface area contributed by atoms with E-state index in [9.17, 15) is 0 Å². The van der Waals surface area contributed by atoms with Crippen LogP contribution in [0.25, 0.3) is 0 Å². The first-order valence-corrected chi connectivity index (χ1v) is 12.0. The summed E-state index contributed by atoms with van der Waals surface area (Å²) >= 11 is 0. The molecule has 0 amide bonds. The number of hydrogen-bond donors (Lipinski definition) is 0. The minimum atomic E-state index is -3.44. The number of hydrogen-bond acceptors (Lipinski definition) is 1. The fourth-order valence-corrected chi connectivity index (χ4v) is 2.86. The molecule has 0 saturated heterocycles. The van der Waals surface area contributed by atoms with E-state index in [1.165, 1.54) is 0 Å². The summed E-state index contributed by atoms with van der Waals surface area (Å²) in [6.45, 7) is 0. The Hall–Kier alpha value is 0.433. The third-order valence-electron chi connectivity index (χ3n) is 0.977. The quantitative estimate of drug-likeness (QED) is 0.751. The molecule has 0 saturated carbocycles. The summed E-state index contributed by atoms with van der Waals surface area (Å²) in [4.78, 5) is 0. The van der Waals surface area contributed by atoms with Crippen LogP contribution in [0.4, 0.5) is 0 Å². The summed E-state index contributed by atoms with van der Waals surface area (Å²) in [5.74, 6) is 0.618. The van der Waals surface area contributed by atoms with Gasteiger partial charge in [0.05, 0.1) is 0 Å². The van der Waals surface area contributed by atoms with E-state index in [1.54, 1.807) is 12.1 Å². The molecule has 0 aliphatic heterocycles. The average Bonchev–Trinajstić information content (AvgIpc) is 1.85. The number of halogens is 3. The minimum absolute atomic E-state index is 0.618. The SMILES string of the molecule is [Cl][Ge]([Cl])([Cl])[O]c1ccccc1. The Morgan fingerprint density at radius 1 is 1.00 bits per heavy atom. The van der Waals surface area contributed by atoms with Gasteiger partial charge in [-0.3, -0.25) is 0 Å². The van der Waals surface area contributed by atoms with E-state index in [-0.39, 0.29) is 0 Å². The molecule has 5 heteroatoms. The molecule has 0 bridgehead atoms. The van der Waals surface area contributed by atoms with Crippen LogP contribution in [0.15, 0.2) is 30.3 Å². The van der Waals surface area contributed by atoms with Crippen molar-refractivity contribution in [3.8, 4) is 5.75 Å². The Balaban J connectivity index is 2.66. The van der Waals surface area contributed by atoms with Gasteiger partial charge in [0.25, 0.3) is 0 Å². The molecule has 1 rings (SSSR count). The molecular weight excluding hydrogens is 267 g/mol. The Morgan fingerprint density at radius 3 is 2.00 bits per heavy atom. The van der Waals surface area contributed by atoms with Crippen LogP contribution >= 0.6 is 30.0 Å². The van der Waals surface area contributed by atoms with E-state index in [0.717, 1.165) is 0 Å². The van der Waals surface area contributed by atoms with Crippen molar-refractivity contribution < 1.29 is 3.76 Å². The van der Waals surface area contributed by atoms with Gasteiger partial charge in [0.1, 0.15) is 0 Å². The molecule has 0 atom stereocenters. The zero-order valence-electron chi connectivity index (χ0n) is 5.43. The van der Waals surface area contributed by atoms with E-state index in [0.29, 0.717) is 5.75 Å². The summed E-state index contributed by atoms with van der Waals surface area (Å²) in [7, 11) is 13.3. The molecule has 0 aliphatic carbocycles. The molecule has 1 nitrogen and oxygen atoms in total. The second-order valence-corrected chi connectivity index (χ2v) is 15.5. The van der Waals surface area contributed by atoms with Crippen LogP contribution < -0.4 is 3.76 Å². The van der Waals surface area contributed by atoms with Crippen molar-refractivity contribution in [2.45, 2.75) is 0 Å². The van der Waals surface area contributed by atoms with Crippen LogP contribution in [0.5, 0.6) is 5.75 Å². The summed E-state index contributed by atoms with van der Waals surface area (Å²) in [6.07, 6.45) is 0. The molecule has 0 fully saturated rings. The van der Waals surface area contributed by atoms with Crippen molar-refractivity contribution in [2.75, 3.05) is 0 Å². The van der Waals surface area contributed by atoms with Gasteiger partial charge < -0.3 is 0 Å². The molecule has 0 heterocycles. The number of benzene rings is 1. The fraction of sp³-hybridized carbons (Fsp3) is 0. The van der Waals surface area contributed by atoms with Gasteiger partial charge >= 0.3 is 80.7 Å². The van der Waals surface area contributed by atoms with Crippen molar-refractivity contribution >= 4 is 40.8 Å². The monoisotopic (exact) mass is 272 g/mol. The third kappa shape index (κ3) is 4.11. The van der Waals surface area contributed by atoms with Crippen LogP contribution in [0.1, 0.15) is 0 Å². The molecule has 0 spiro atoms. The summed E-state index contributed by atoms with van der Waals surface area (Å²) < 4.78 is 5.09. The number of para-hydroxylation sites is 1. The molecule has 0 unspecified atom stereocenters. The molecule has 11 heavy (non-hydrogen) atoms. The molecule has 1 aromatic carbocycles. The third-order valence-corrected chi connectivity index (χ3v) is 3.16. The maximum atomic E-state index is 5.56. The first kappa shape index (κ1) is 9.52. The Morgan fingerprint density at radius 2 is 1.55 bits per heavy atom. The molecule has 0 radical (unpaired) electrons. The van der Waals surface area contributed by atoms with Gasteiger partial charge in [-0.1, -0.05) is 0 Å². The fourth-order valence-electron chi connectivity index (χ4n) is 0.622. The summed E-state index contributed by atoms with van der Waals surface area (Å²) in [5, 5.41) is 0. The van der Waals surface area contributed by atoms with Crippen LogP contribution in [0, 0.1) is 0 Å². The van der Waals surface area contributed by atoms with Gasteiger partial charge in [-0.2, -0.15) is 0 Å². The topological polar surface area (TPSA) is 9.23 Å². The van der Waals surface area contributed by atoms with Crippen molar-refractivity contribution in [3.63, 3.8) is 0 Å². The van der Waals surface area contributed by atoms with Crippen molar-refractivity contribution in [1.82, 2.24) is 0 Å². The summed E-state index contributed by atoms with van der Waals surface area (Å²) in [6, 6.07) is 9.04. The van der Waals surface area contributed by atoms with Gasteiger partial charge in [0.2, 0.25) is 0 Å². The molecule has 60 valence electrons. The van der Waals surface area contributed by atoms with Crippen molar-refractivity contribution in [2.24, 2.45) is 0 Å². The normalized spacial score (nSPS) is 11.2. The molecule has 0 aromatic heterocycles. The molecular formula is C6H5Cl3GeO. The van der Waals surface area contributed by atoms with Crippen molar-refractivity contribution in [1.29, 1.82) is 0 Å². The predicted octanol–water partition coefficient (Wildman–Crippen LogP) is 3.22. The molecule has 0 aliphatic rings. The van der Waals surface area contributed by atoms with Crippen molar-refractivity contribution in [3.05, 3.63) is 30.3 Å². The van der Waals surface area contributed by atoms with E-state index < -0.39 is 10.8 Å². The van der Waals surface area contributed by atoms with Gasteiger partial charge in [0, 0.05) is 0 Å². The first-order valence-electron chi connectivity index (χ1n) is 2.89. The second-order valence-electron chi connectivity index (χ2n) is 1.86. The summed E-state index contributed by atoms with van der Waals surface area (Å²) in [5.41, 5.74) is 0. The van der Waals surface area contributed by atoms with Gasteiger partial charge in [0.15, 0.2) is 0 Å². The van der Waals surface area contributed by atoms with E-state index in [2.05, 4.69) is 0 Å². The van der Waals surface area contributed by atoms with E-state index in [1.807, 2.05) is 18.2 Å². The Labute approximate surface area is 80.5 Å². The number of rotatable bonds is 2. The second kappa shape index (κ2) is 3.90. The predicted molar refractivity (Wildman–Crippen MR) is 50.4 cm³/mol. The van der Waals surface area contributed by atoms with Crippen LogP contribution in [-0.4, -0.2) is 10.8 Å². The van der Waals surface area contributed by atoms with Crippen LogP contribution in [0.3, 0.4) is 0 Å². The maximum absolute atomic E-state index is 5.56. The van der Waals surface area contributed by atoms with Crippen LogP contribution in [-0.2, 0) is 0 Å². The molecule has 0 N–H and O–H groups in total. The zero-order chi connectivity index (χ0) is 8.32. The van der Waals surface area contributed by atoms with Gasteiger partial charge in [-0.25, -0.2) is 0 Å². The Kier molecular flexibility index (Phi) is 3.37. The van der Waals surface area contributed by atoms with E-state index in [4.69, 9.17) is 33.8 Å². The standard InChI is InChI=1S/C6H5Cl3GeO/c7-10(8,9)11-6-4-2-1-3-5-6/h1-5H. The van der Waals surface area contributed by atoms with E-state index >= 15 is 0 Å². The van der Waals surface area contributed by atoms with Gasteiger partial charge in [-0.05, 0) is 0 Å². The molecule has 1 aromatic rings. The Bertz CT molecular complexity index is 221. The zero-order valence-corrected chi connectivity index (χ0v) is 9.79. The van der Waals surface area contributed by atoms with Crippen LogP contribution in [0.2, 0.25) is 0 Å².